The zero-order chi connectivity index (χ0) is 13.3. The van der Waals surface area contributed by atoms with Crippen molar-refractivity contribution >= 4 is 29.2 Å². The minimum absolute atomic E-state index is 0.202. The summed E-state index contributed by atoms with van der Waals surface area (Å²) >= 11 is 12.3. The van der Waals surface area contributed by atoms with Gasteiger partial charge in [-0.25, -0.2) is 9.97 Å². The van der Waals surface area contributed by atoms with E-state index in [-0.39, 0.29) is 5.95 Å². The monoisotopic (exact) mass is 283 g/mol. The summed E-state index contributed by atoms with van der Waals surface area (Å²) in [4.78, 5) is 8.16. The second-order valence-electron chi connectivity index (χ2n) is 3.72. The fraction of sp³-hybridized carbons (Fsp3) is 0.167. The predicted molar refractivity (Wildman–Crippen MR) is 73.2 cm³/mol. The van der Waals surface area contributed by atoms with Gasteiger partial charge in [-0.1, -0.05) is 23.2 Å². The van der Waals surface area contributed by atoms with E-state index in [1.165, 1.54) is 7.11 Å². The first-order valence-corrected chi connectivity index (χ1v) is 5.91. The Morgan fingerprint density at radius 1 is 1.11 bits per heavy atom. The van der Waals surface area contributed by atoms with E-state index in [9.17, 15) is 0 Å². The molecule has 18 heavy (non-hydrogen) atoms. The third-order valence-electron chi connectivity index (χ3n) is 2.39. The third-order valence-corrected chi connectivity index (χ3v) is 3.00. The molecule has 0 spiro atoms. The molecule has 0 aliphatic rings. The number of rotatable bonds is 2. The number of methoxy groups -OCH3 is 1. The average molecular weight is 284 g/mol. The van der Waals surface area contributed by atoms with Gasteiger partial charge in [0, 0.05) is 17.3 Å². The maximum Gasteiger partial charge on any atom is 0.220 e. The van der Waals surface area contributed by atoms with Crippen LogP contribution in [0.1, 0.15) is 5.69 Å². The van der Waals surface area contributed by atoms with Gasteiger partial charge in [-0.2, -0.15) is 0 Å². The summed E-state index contributed by atoms with van der Waals surface area (Å²) in [6.45, 7) is 1.83. The number of nitrogens with zero attached hydrogens (tertiary/aromatic N) is 2. The van der Waals surface area contributed by atoms with Crippen LogP contribution in [0.3, 0.4) is 0 Å². The summed E-state index contributed by atoms with van der Waals surface area (Å²) in [5.41, 5.74) is 7.71. The van der Waals surface area contributed by atoms with Crippen molar-refractivity contribution in [3.05, 3.63) is 33.9 Å². The smallest absolute Gasteiger partial charge is 0.220 e. The van der Waals surface area contributed by atoms with Crippen molar-refractivity contribution < 1.29 is 4.74 Å². The van der Waals surface area contributed by atoms with E-state index in [0.717, 1.165) is 5.69 Å². The third kappa shape index (κ3) is 2.49. The van der Waals surface area contributed by atoms with Crippen LogP contribution in [-0.4, -0.2) is 17.1 Å². The number of ether oxygens (including phenoxy) is 1. The fourth-order valence-corrected chi connectivity index (χ4v) is 2.10. The van der Waals surface area contributed by atoms with Crippen molar-refractivity contribution in [3.8, 4) is 17.0 Å². The minimum Gasteiger partial charge on any atom is -0.495 e. The van der Waals surface area contributed by atoms with Gasteiger partial charge in [-0.05, 0) is 19.1 Å². The lowest BCUT2D eigenvalue weighted by atomic mass is 10.1. The molecule has 0 bridgehead atoms. The van der Waals surface area contributed by atoms with Crippen LogP contribution >= 0.6 is 23.2 Å². The van der Waals surface area contributed by atoms with Crippen molar-refractivity contribution in [3.63, 3.8) is 0 Å². The van der Waals surface area contributed by atoms with E-state index in [2.05, 4.69) is 9.97 Å². The van der Waals surface area contributed by atoms with Crippen LogP contribution in [0.2, 0.25) is 10.0 Å². The van der Waals surface area contributed by atoms with Crippen LogP contribution in [0.15, 0.2) is 18.2 Å². The van der Waals surface area contributed by atoms with Crippen LogP contribution in [-0.2, 0) is 0 Å². The van der Waals surface area contributed by atoms with Crippen LogP contribution < -0.4 is 10.5 Å². The Bertz CT molecular complexity index is 582. The van der Waals surface area contributed by atoms with Gasteiger partial charge in [0.15, 0.2) is 0 Å². The summed E-state index contributed by atoms with van der Waals surface area (Å²) < 4.78 is 5.09. The molecule has 1 heterocycles. The molecule has 0 aliphatic heterocycles. The van der Waals surface area contributed by atoms with Crippen LogP contribution in [0, 0.1) is 6.92 Å². The Kier molecular flexibility index (Phi) is 3.59. The second kappa shape index (κ2) is 5.00. The number of aryl methyl sites for hydroxylation is 1. The summed E-state index contributed by atoms with van der Waals surface area (Å²) in [6, 6.07) is 5.14. The highest BCUT2D eigenvalue weighted by atomic mass is 35.5. The zero-order valence-electron chi connectivity index (χ0n) is 9.87. The molecule has 1 aromatic carbocycles. The molecule has 0 atom stereocenters. The predicted octanol–water partition coefficient (Wildman–Crippen LogP) is 3.35. The van der Waals surface area contributed by atoms with E-state index in [1.807, 2.05) is 6.92 Å². The molecule has 2 rings (SSSR count). The SMILES string of the molecule is COc1cc(Cl)c(-c2cc(C)nc(N)n2)cc1Cl. The van der Waals surface area contributed by atoms with E-state index in [4.69, 9.17) is 33.7 Å². The number of benzene rings is 1. The lowest BCUT2D eigenvalue weighted by Crippen LogP contribution is -1.98. The minimum atomic E-state index is 0.202. The first-order valence-electron chi connectivity index (χ1n) is 5.16. The van der Waals surface area contributed by atoms with Gasteiger partial charge < -0.3 is 10.5 Å². The van der Waals surface area contributed by atoms with E-state index >= 15 is 0 Å². The van der Waals surface area contributed by atoms with Gasteiger partial charge >= 0.3 is 0 Å². The number of nitrogens with two attached hydrogens (primary N) is 1. The van der Waals surface area contributed by atoms with Gasteiger partial charge in [0.05, 0.1) is 22.8 Å². The van der Waals surface area contributed by atoms with Crippen molar-refractivity contribution in [1.29, 1.82) is 0 Å². The molecule has 94 valence electrons. The van der Waals surface area contributed by atoms with Crippen LogP contribution in [0.4, 0.5) is 5.95 Å². The molecular formula is C12H11Cl2N3O. The maximum atomic E-state index is 6.18. The molecule has 4 nitrogen and oxygen atoms in total. The highest BCUT2D eigenvalue weighted by Crippen LogP contribution is 2.36. The summed E-state index contributed by atoms with van der Waals surface area (Å²) in [5, 5.41) is 0.959. The highest BCUT2D eigenvalue weighted by molar-refractivity contribution is 6.36. The van der Waals surface area contributed by atoms with Gasteiger partial charge in [-0.15, -0.1) is 0 Å². The molecule has 0 amide bonds. The molecule has 0 unspecified atom stereocenters. The largest absolute Gasteiger partial charge is 0.495 e. The van der Waals surface area contributed by atoms with Crippen LogP contribution in [0.5, 0.6) is 5.75 Å². The van der Waals surface area contributed by atoms with Gasteiger partial charge in [0.2, 0.25) is 5.95 Å². The summed E-state index contributed by atoms with van der Waals surface area (Å²) in [5.74, 6) is 0.720. The fourth-order valence-electron chi connectivity index (χ4n) is 1.61. The highest BCUT2D eigenvalue weighted by Gasteiger charge is 2.11. The number of hydrogen-bond donors (Lipinski definition) is 1. The van der Waals surface area contributed by atoms with Crippen molar-refractivity contribution in [2.45, 2.75) is 6.92 Å². The van der Waals surface area contributed by atoms with Crippen molar-refractivity contribution in [1.82, 2.24) is 9.97 Å². The molecule has 0 aliphatic carbocycles. The van der Waals surface area contributed by atoms with Crippen LogP contribution in [0.25, 0.3) is 11.3 Å². The number of anilines is 1. The normalized spacial score (nSPS) is 10.4. The quantitative estimate of drug-likeness (QED) is 0.918. The molecule has 0 saturated carbocycles. The average Bonchev–Trinajstić information content (AvgIpc) is 2.30. The van der Waals surface area contributed by atoms with Crippen molar-refractivity contribution in [2.75, 3.05) is 12.8 Å². The molecular weight excluding hydrogens is 273 g/mol. The molecule has 0 fully saturated rings. The topological polar surface area (TPSA) is 61.0 Å². The number of nitrogen functional groups attached to an aromatic ring is 1. The number of halogens is 2. The Hall–Kier alpha value is -1.52. The maximum absolute atomic E-state index is 6.18. The molecule has 2 aromatic rings. The Morgan fingerprint density at radius 3 is 2.44 bits per heavy atom. The molecule has 0 saturated heterocycles. The van der Waals surface area contributed by atoms with Gasteiger partial charge in [0.25, 0.3) is 0 Å². The van der Waals surface area contributed by atoms with Gasteiger partial charge in [-0.3, -0.25) is 0 Å². The lowest BCUT2D eigenvalue weighted by Gasteiger charge is -2.09. The molecule has 6 heteroatoms. The van der Waals surface area contributed by atoms with Gasteiger partial charge in [0.1, 0.15) is 5.75 Å². The molecule has 2 N–H and O–H groups in total. The summed E-state index contributed by atoms with van der Waals surface area (Å²) in [7, 11) is 1.53. The van der Waals surface area contributed by atoms with E-state index < -0.39 is 0 Å². The Balaban J connectivity index is 2.60. The first-order chi connectivity index (χ1) is 8.51. The van der Waals surface area contributed by atoms with E-state index in [1.54, 1.807) is 18.2 Å². The second-order valence-corrected chi connectivity index (χ2v) is 4.53. The lowest BCUT2D eigenvalue weighted by molar-refractivity contribution is 0.415. The number of aromatic nitrogens is 2. The standard InChI is InChI=1S/C12H11Cl2N3O/c1-6-3-10(17-12(15)16-6)7-4-9(14)11(18-2)5-8(7)13/h3-5H,1-2H3,(H2,15,16,17). The first kappa shape index (κ1) is 12.9. The van der Waals surface area contributed by atoms with Crippen molar-refractivity contribution in [2.24, 2.45) is 0 Å². The zero-order valence-corrected chi connectivity index (χ0v) is 11.4. The molecule has 0 radical (unpaired) electrons. The molecule has 1 aromatic heterocycles. The number of hydrogen-bond acceptors (Lipinski definition) is 4. The Morgan fingerprint density at radius 2 is 1.83 bits per heavy atom. The Labute approximate surface area is 115 Å². The van der Waals surface area contributed by atoms with E-state index in [0.29, 0.717) is 27.1 Å². The summed E-state index contributed by atoms with van der Waals surface area (Å²) in [6.07, 6.45) is 0.